The fourth-order valence-corrected chi connectivity index (χ4v) is 3.70. The Labute approximate surface area is 375 Å². The van der Waals surface area contributed by atoms with Crippen LogP contribution in [0.25, 0.3) is 11.0 Å². The van der Waals surface area contributed by atoms with Gasteiger partial charge in [-0.3, -0.25) is 9.59 Å². The van der Waals surface area contributed by atoms with E-state index in [1.807, 2.05) is 26.8 Å². The van der Waals surface area contributed by atoms with Crippen LogP contribution in [0, 0.1) is 10.8 Å². The van der Waals surface area contributed by atoms with Gasteiger partial charge in [0.2, 0.25) is 11.1 Å². The van der Waals surface area contributed by atoms with Gasteiger partial charge in [-0.2, -0.15) is 0 Å². The fraction of sp³-hybridized carbons (Fsp3) is 0.415. The Morgan fingerprint density at radius 3 is 1.55 bits per heavy atom. The normalized spacial score (nSPS) is 10.3. The van der Waals surface area contributed by atoms with E-state index in [2.05, 4.69) is 69.9 Å². The first-order chi connectivity index (χ1) is 25.7. The van der Waals surface area contributed by atoms with Gasteiger partial charge in [0.1, 0.15) is 11.3 Å². The van der Waals surface area contributed by atoms with E-state index in [1.165, 1.54) is 16.7 Å². The van der Waals surface area contributed by atoms with Crippen LogP contribution in [0.15, 0.2) is 54.6 Å². The molecule has 4 rings (SSSR count). The third-order valence-corrected chi connectivity index (χ3v) is 7.60. The summed E-state index contributed by atoms with van der Waals surface area (Å²) >= 11 is 9.66. The number of hydrogen-bond donors (Lipinski definition) is 6. The number of methoxy groups -OCH3 is 2. The number of para-hydroxylation sites is 3. The first-order valence-electron chi connectivity index (χ1n) is 16.7. The fourth-order valence-electron chi connectivity index (χ4n) is 3.70. The molecule has 324 valence electrons. The molecule has 1 aromatic heterocycles. The molecule has 58 heavy (non-hydrogen) atoms. The molecule has 0 aliphatic rings. The maximum atomic E-state index is 11.9. The molecule has 0 radical (unpaired) electrons. The third-order valence-electron chi connectivity index (χ3n) is 7.03. The van der Waals surface area contributed by atoms with E-state index in [4.69, 9.17) is 33.9 Å². The average Bonchev–Trinajstić information content (AvgIpc) is 3.56. The van der Waals surface area contributed by atoms with Gasteiger partial charge in [0.15, 0.2) is 0 Å². The number of amides is 1. The second kappa shape index (κ2) is 26.0. The van der Waals surface area contributed by atoms with Gasteiger partial charge in [-0.15, -0.1) is 0 Å². The summed E-state index contributed by atoms with van der Waals surface area (Å²) in [6.45, 7) is 16.8. The number of nitrogen functional groups attached to an aromatic ring is 3. The Kier molecular flexibility index (Phi) is 26.1. The number of nitrogens with two attached hydrogens (primary N) is 3. The number of nitrogens with one attached hydrogen (secondary N) is 2. The van der Waals surface area contributed by atoms with Crippen LogP contribution in [-0.4, -0.2) is 60.8 Å². The van der Waals surface area contributed by atoms with Gasteiger partial charge in [0, 0.05) is 16.2 Å². The van der Waals surface area contributed by atoms with Crippen LogP contribution < -0.4 is 22.5 Å². The van der Waals surface area contributed by atoms with E-state index in [0.29, 0.717) is 22.5 Å². The number of anilines is 4. The van der Waals surface area contributed by atoms with Gasteiger partial charge in [0.25, 0.3) is 0 Å². The highest BCUT2D eigenvalue weighted by Crippen LogP contribution is 2.27. The summed E-state index contributed by atoms with van der Waals surface area (Å²) in [6, 6.07) is 14.8. The topological polar surface area (TPSA) is 243 Å². The summed E-state index contributed by atoms with van der Waals surface area (Å²) in [5.74, 6) is -1.32. The third kappa shape index (κ3) is 19.1. The number of aromatic amines is 1. The number of nitrogens with zero attached hydrogens (tertiary/aromatic N) is 1. The predicted molar refractivity (Wildman–Crippen MR) is 255 cm³/mol. The van der Waals surface area contributed by atoms with Crippen molar-refractivity contribution < 1.29 is 38.6 Å². The van der Waals surface area contributed by atoms with E-state index in [-0.39, 0.29) is 59.3 Å². The van der Waals surface area contributed by atoms with Gasteiger partial charge in [-0.1, -0.05) is 141 Å². The molecule has 14 nitrogen and oxygen atoms in total. The minimum Gasteiger partial charge on any atom is -0.478 e. The molecule has 0 saturated heterocycles. The highest BCUT2D eigenvalue weighted by molar-refractivity contribution is 14.2. The number of carboxylic acids is 1. The van der Waals surface area contributed by atoms with E-state index in [1.54, 1.807) is 90.1 Å². The SMILES string of the molecule is C.C.CC(C)(C)C(=O)Cl.CC(C)(C)c1nc2c(C(=O)O)cccc2[nH]1.COC(=O)c1cccc(N)c1N.COC(=O)c1cccc(NC(=O)C(C)(C)C)c1N.ICI. The van der Waals surface area contributed by atoms with Gasteiger partial charge in [-0.25, -0.2) is 19.4 Å². The molecule has 17 heteroatoms. The molecule has 3 aromatic carbocycles. The molecule has 0 aliphatic heterocycles. The van der Waals surface area contributed by atoms with E-state index in [9.17, 15) is 24.0 Å². The first kappa shape index (κ1) is 58.1. The number of esters is 2. The van der Waals surface area contributed by atoms with E-state index in [0.717, 1.165) is 11.3 Å². The Bertz CT molecular complexity index is 1970. The van der Waals surface area contributed by atoms with Crippen molar-refractivity contribution in [3.05, 3.63) is 77.1 Å². The van der Waals surface area contributed by atoms with Crippen molar-refractivity contribution in [1.82, 2.24) is 9.97 Å². The lowest BCUT2D eigenvalue weighted by molar-refractivity contribution is -0.123. The van der Waals surface area contributed by atoms with Crippen LogP contribution in [0.4, 0.5) is 22.7 Å². The lowest BCUT2D eigenvalue weighted by atomic mass is 9.95. The number of rotatable bonds is 4. The summed E-state index contributed by atoms with van der Waals surface area (Å²) < 4.78 is 10.3. The van der Waals surface area contributed by atoms with Gasteiger partial charge in [0.05, 0.1) is 61.6 Å². The molecule has 1 heterocycles. The zero-order valence-corrected chi connectivity index (χ0v) is 38.6. The maximum Gasteiger partial charge on any atom is 0.340 e. The number of fused-ring (bicyclic) bond motifs is 1. The quantitative estimate of drug-likeness (QED) is 0.0368. The summed E-state index contributed by atoms with van der Waals surface area (Å²) in [5.41, 5.74) is 19.2. The van der Waals surface area contributed by atoms with Gasteiger partial charge >= 0.3 is 17.9 Å². The summed E-state index contributed by atoms with van der Waals surface area (Å²) in [5, 5.41) is 11.5. The van der Waals surface area contributed by atoms with Crippen molar-refractivity contribution in [1.29, 1.82) is 0 Å². The monoisotopic (exact) mass is 1050 g/mol. The molecular formula is C41H61ClI2N6O8. The molecule has 0 bridgehead atoms. The van der Waals surface area contributed by atoms with Crippen molar-refractivity contribution in [2.24, 2.45) is 10.8 Å². The smallest absolute Gasteiger partial charge is 0.340 e. The second-order valence-electron chi connectivity index (χ2n) is 14.7. The van der Waals surface area contributed by atoms with Crippen molar-refractivity contribution in [2.75, 3.05) is 39.2 Å². The minimum absolute atomic E-state index is 0. The average molecular weight is 1060 g/mol. The number of imidazole rings is 1. The van der Waals surface area contributed by atoms with Crippen LogP contribution in [0.3, 0.4) is 0 Å². The van der Waals surface area contributed by atoms with Crippen molar-refractivity contribution in [3.8, 4) is 0 Å². The number of hydrogen-bond acceptors (Lipinski definition) is 11. The summed E-state index contributed by atoms with van der Waals surface area (Å²) in [4.78, 5) is 63.1. The molecule has 0 unspecified atom stereocenters. The van der Waals surface area contributed by atoms with Crippen LogP contribution in [0.2, 0.25) is 0 Å². The molecule has 9 N–H and O–H groups in total. The number of alkyl halides is 2. The number of benzene rings is 3. The lowest BCUT2D eigenvalue weighted by Gasteiger charge is -2.19. The molecular weight excluding hydrogens is 994 g/mol. The van der Waals surface area contributed by atoms with Crippen molar-refractivity contribution in [3.63, 3.8) is 0 Å². The van der Waals surface area contributed by atoms with E-state index >= 15 is 0 Å². The number of carbonyl (C=O) groups excluding carboxylic acids is 4. The van der Waals surface area contributed by atoms with Crippen LogP contribution in [0.1, 0.15) is 114 Å². The zero-order chi connectivity index (χ0) is 43.8. The number of aromatic nitrogens is 2. The highest BCUT2D eigenvalue weighted by atomic mass is 127. The number of H-pyrrole nitrogens is 1. The van der Waals surface area contributed by atoms with Crippen LogP contribution in [-0.2, 0) is 24.5 Å². The van der Waals surface area contributed by atoms with Crippen molar-refractivity contribution >= 4 is 120 Å². The number of aromatic carboxylic acids is 1. The van der Waals surface area contributed by atoms with Crippen LogP contribution >= 0.6 is 56.8 Å². The largest absolute Gasteiger partial charge is 0.478 e. The Morgan fingerprint density at radius 2 is 1.16 bits per heavy atom. The lowest BCUT2D eigenvalue weighted by Crippen LogP contribution is -2.28. The summed E-state index contributed by atoms with van der Waals surface area (Å²) in [6.07, 6.45) is 0. The zero-order valence-electron chi connectivity index (χ0n) is 33.5. The standard InChI is InChI=1S/C13H18N2O3.C12H14N2O2.C8H10N2O2.C5H9ClO.CH2I2.2CH4/c1-13(2,3)12(17)15-9-7-5-6-8(10(9)14)11(16)18-4;1-12(2,3)11-13-8-6-4-5-7(10(15)16)9(8)14-11;1-12-8(11)5-3-2-4-6(9)7(5)10;1-5(2,3)4(6)7;2-1-3;;/h5-7H,14H2,1-4H3,(H,15,17);4-6H,1-3H3,(H,13,14)(H,15,16);2-4H,9-10H2,1H3;1-3H3;1H2;2*1H4. The molecule has 0 fully saturated rings. The maximum absolute atomic E-state index is 11.9. The number of ether oxygens (including phenoxy) is 2. The van der Waals surface area contributed by atoms with Crippen LogP contribution in [0.5, 0.6) is 0 Å². The first-order valence-corrected chi connectivity index (χ1v) is 20.2. The molecule has 1 amide bonds. The number of carboxylic acid groups (broad SMARTS) is 1. The molecule has 4 aromatic rings. The molecule has 0 spiro atoms. The minimum atomic E-state index is -0.947. The molecule has 0 saturated carbocycles. The number of carbonyl (C=O) groups is 5. The van der Waals surface area contributed by atoms with Gasteiger partial charge in [-0.05, 0) is 48.0 Å². The Hall–Kier alpha value is -4.17. The van der Waals surface area contributed by atoms with Gasteiger partial charge < -0.3 is 42.1 Å². The molecule has 0 aliphatic carbocycles. The van der Waals surface area contributed by atoms with E-state index < -0.39 is 23.3 Å². The predicted octanol–water partition coefficient (Wildman–Crippen LogP) is 10.1. The second-order valence-corrected chi connectivity index (χ2v) is 19.5. The van der Waals surface area contributed by atoms with Crippen molar-refractivity contribution in [2.45, 2.75) is 82.6 Å². The summed E-state index contributed by atoms with van der Waals surface area (Å²) in [7, 11) is 2.58. The highest BCUT2D eigenvalue weighted by Gasteiger charge is 2.23. The Morgan fingerprint density at radius 1 is 0.741 bits per heavy atom. The Balaban J connectivity index is -0.000000698. The molecule has 0 atom stereocenters. The number of halogens is 3.